The summed E-state index contributed by atoms with van der Waals surface area (Å²) in [6.45, 7) is 2.07. The lowest BCUT2D eigenvalue weighted by atomic mass is 10.0. The highest BCUT2D eigenvalue weighted by molar-refractivity contribution is 7.08. The number of aromatic nitrogens is 2. The summed E-state index contributed by atoms with van der Waals surface area (Å²) < 4.78 is 1.48. The van der Waals surface area contributed by atoms with Gasteiger partial charge in [-0.3, -0.25) is 9.59 Å². The number of anilines is 1. The van der Waals surface area contributed by atoms with Crippen LogP contribution in [-0.4, -0.2) is 34.8 Å². The molecule has 29 heavy (non-hydrogen) atoms. The quantitative estimate of drug-likeness (QED) is 0.681. The lowest BCUT2D eigenvalue weighted by Crippen LogP contribution is -2.45. The average molecular weight is 409 g/mol. The Labute approximate surface area is 173 Å². The molecule has 1 saturated heterocycles. The van der Waals surface area contributed by atoms with Gasteiger partial charge >= 0.3 is 0 Å². The number of hydrogen-bond acceptors (Lipinski definition) is 5. The molecule has 7 heteroatoms. The van der Waals surface area contributed by atoms with Crippen LogP contribution < -0.4 is 15.8 Å². The molecular weight excluding hydrogens is 384 g/mol. The number of carbonyl (C=O) groups excluding carboxylic acids is 1. The Morgan fingerprint density at radius 3 is 2.62 bits per heavy atom. The molecule has 3 aromatic rings. The van der Waals surface area contributed by atoms with Crippen LogP contribution in [0.15, 0.2) is 64.2 Å². The zero-order chi connectivity index (χ0) is 20.1. The summed E-state index contributed by atoms with van der Waals surface area (Å²) in [7, 11) is 0. The van der Waals surface area contributed by atoms with Gasteiger partial charge in [0.15, 0.2) is 0 Å². The Bertz CT molecular complexity index is 993. The molecule has 1 N–H and O–H groups in total. The van der Waals surface area contributed by atoms with Crippen LogP contribution in [0, 0.1) is 0 Å². The number of nitrogens with one attached hydrogen (secondary N) is 1. The van der Waals surface area contributed by atoms with Crippen molar-refractivity contribution < 1.29 is 4.79 Å². The van der Waals surface area contributed by atoms with Crippen LogP contribution in [0.3, 0.4) is 0 Å². The van der Waals surface area contributed by atoms with Gasteiger partial charge in [-0.05, 0) is 40.8 Å². The number of amides is 1. The van der Waals surface area contributed by atoms with Crippen molar-refractivity contribution in [2.45, 2.75) is 31.8 Å². The third-order valence-corrected chi connectivity index (χ3v) is 5.93. The number of rotatable bonds is 6. The zero-order valence-electron chi connectivity index (χ0n) is 16.2. The second kappa shape index (κ2) is 9.05. The minimum absolute atomic E-state index is 0.0760. The van der Waals surface area contributed by atoms with Crippen molar-refractivity contribution in [1.82, 2.24) is 15.1 Å². The molecule has 0 radical (unpaired) electrons. The average Bonchev–Trinajstić information content (AvgIpc) is 3.24. The maximum atomic E-state index is 12.5. The lowest BCUT2D eigenvalue weighted by Gasteiger charge is -2.33. The first-order valence-corrected chi connectivity index (χ1v) is 10.8. The Balaban J connectivity index is 1.31. The van der Waals surface area contributed by atoms with Gasteiger partial charge in [0.05, 0.1) is 24.8 Å². The Kier molecular flexibility index (Phi) is 6.05. The number of piperidine rings is 1. The maximum absolute atomic E-state index is 12.5. The number of hydrogen-bond donors (Lipinski definition) is 1. The lowest BCUT2D eigenvalue weighted by molar-refractivity contribution is -0.121. The first-order chi connectivity index (χ1) is 14.2. The van der Waals surface area contributed by atoms with Crippen LogP contribution >= 0.6 is 11.3 Å². The smallest absolute Gasteiger partial charge is 0.269 e. The van der Waals surface area contributed by atoms with Gasteiger partial charge in [-0.25, -0.2) is 4.68 Å². The van der Waals surface area contributed by atoms with Crippen LogP contribution in [0.4, 0.5) is 5.69 Å². The van der Waals surface area contributed by atoms with Crippen LogP contribution in [-0.2, 0) is 17.8 Å². The summed E-state index contributed by atoms with van der Waals surface area (Å²) in [5, 5.41) is 11.5. The third kappa shape index (κ3) is 5.12. The van der Waals surface area contributed by atoms with E-state index >= 15 is 0 Å². The molecule has 6 nitrogen and oxygen atoms in total. The molecule has 0 saturated carbocycles. The molecule has 1 aromatic carbocycles. The highest BCUT2D eigenvalue weighted by Gasteiger charge is 2.21. The fourth-order valence-electron chi connectivity index (χ4n) is 3.61. The van der Waals surface area contributed by atoms with Gasteiger partial charge in [-0.1, -0.05) is 30.3 Å². The minimum atomic E-state index is -0.0995. The van der Waals surface area contributed by atoms with E-state index in [0.29, 0.717) is 13.0 Å². The van der Waals surface area contributed by atoms with Crippen molar-refractivity contribution in [3.8, 4) is 0 Å². The van der Waals surface area contributed by atoms with E-state index in [1.54, 1.807) is 23.6 Å². The molecule has 0 unspecified atom stereocenters. The van der Waals surface area contributed by atoms with E-state index < -0.39 is 0 Å². The molecule has 0 atom stereocenters. The predicted octanol–water partition coefficient (Wildman–Crippen LogP) is 2.68. The molecule has 0 bridgehead atoms. The minimum Gasteiger partial charge on any atom is -0.370 e. The van der Waals surface area contributed by atoms with E-state index in [0.717, 1.165) is 42.7 Å². The normalized spacial score (nSPS) is 14.7. The van der Waals surface area contributed by atoms with Gasteiger partial charge in [0.25, 0.3) is 5.56 Å². The van der Waals surface area contributed by atoms with Crippen molar-refractivity contribution in [2.75, 3.05) is 18.0 Å². The highest BCUT2D eigenvalue weighted by atomic mass is 32.1. The summed E-state index contributed by atoms with van der Waals surface area (Å²) in [6, 6.07) is 13.7. The largest absolute Gasteiger partial charge is 0.370 e. The molecular formula is C22H24N4O2S. The Morgan fingerprint density at radius 1 is 1.14 bits per heavy atom. The molecule has 1 aliphatic rings. The van der Waals surface area contributed by atoms with E-state index in [-0.39, 0.29) is 17.5 Å². The van der Waals surface area contributed by atoms with E-state index in [9.17, 15) is 9.59 Å². The second-order valence-electron chi connectivity index (χ2n) is 7.33. The van der Waals surface area contributed by atoms with Crippen molar-refractivity contribution in [1.29, 1.82) is 0 Å². The SMILES string of the molecule is O=C(Cc1ccsc1)NC1CCN(c2cnn(Cc3ccccc3)c(=O)c2)CC1. The first kappa shape index (κ1) is 19.4. The van der Waals surface area contributed by atoms with Gasteiger partial charge in [0, 0.05) is 25.2 Å². The van der Waals surface area contributed by atoms with Gasteiger partial charge in [0.2, 0.25) is 5.91 Å². The summed E-state index contributed by atoms with van der Waals surface area (Å²) in [6.07, 6.45) is 3.93. The monoisotopic (exact) mass is 408 g/mol. The molecule has 150 valence electrons. The summed E-state index contributed by atoms with van der Waals surface area (Å²) in [5.74, 6) is 0.0760. The van der Waals surface area contributed by atoms with E-state index in [1.807, 2.05) is 47.2 Å². The fourth-order valence-corrected chi connectivity index (χ4v) is 4.28. The number of nitrogens with zero attached hydrogens (tertiary/aromatic N) is 3. The topological polar surface area (TPSA) is 67.2 Å². The molecule has 3 heterocycles. The van der Waals surface area contributed by atoms with Gasteiger partial charge in [0.1, 0.15) is 0 Å². The molecule has 0 aliphatic carbocycles. The molecule has 1 aliphatic heterocycles. The summed E-state index contributed by atoms with van der Waals surface area (Å²) in [5.41, 5.74) is 2.86. The fraction of sp³-hybridized carbons (Fsp3) is 0.318. The van der Waals surface area contributed by atoms with Crippen LogP contribution in [0.5, 0.6) is 0 Å². The van der Waals surface area contributed by atoms with E-state index in [2.05, 4.69) is 15.3 Å². The van der Waals surface area contributed by atoms with Crippen molar-refractivity contribution in [2.24, 2.45) is 0 Å². The van der Waals surface area contributed by atoms with Crippen LogP contribution in [0.1, 0.15) is 24.0 Å². The summed E-state index contributed by atoms with van der Waals surface area (Å²) in [4.78, 5) is 26.8. The number of thiophene rings is 1. The molecule has 2 aromatic heterocycles. The van der Waals surface area contributed by atoms with E-state index in [1.165, 1.54) is 4.68 Å². The molecule has 1 amide bonds. The van der Waals surface area contributed by atoms with Crippen molar-refractivity contribution in [3.05, 3.63) is 80.9 Å². The van der Waals surface area contributed by atoms with Crippen LogP contribution in [0.25, 0.3) is 0 Å². The predicted molar refractivity (Wildman–Crippen MR) is 115 cm³/mol. The maximum Gasteiger partial charge on any atom is 0.269 e. The zero-order valence-corrected chi connectivity index (χ0v) is 17.0. The van der Waals surface area contributed by atoms with Crippen LogP contribution in [0.2, 0.25) is 0 Å². The number of benzene rings is 1. The van der Waals surface area contributed by atoms with Gasteiger partial charge in [-0.2, -0.15) is 16.4 Å². The van der Waals surface area contributed by atoms with Gasteiger partial charge < -0.3 is 10.2 Å². The molecule has 4 rings (SSSR count). The molecule has 0 spiro atoms. The van der Waals surface area contributed by atoms with Crippen molar-refractivity contribution >= 4 is 22.9 Å². The Morgan fingerprint density at radius 2 is 1.93 bits per heavy atom. The second-order valence-corrected chi connectivity index (χ2v) is 8.11. The van der Waals surface area contributed by atoms with E-state index in [4.69, 9.17) is 0 Å². The highest BCUT2D eigenvalue weighted by Crippen LogP contribution is 2.18. The third-order valence-electron chi connectivity index (χ3n) is 5.20. The van der Waals surface area contributed by atoms with Crippen molar-refractivity contribution in [3.63, 3.8) is 0 Å². The van der Waals surface area contributed by atoms with Gasteiger partial charge in [-0.15, -0.1) is 0 Å². The molecule has 1 fully saturated rings. The first-order valence-electron chi connectivity index (χ1n) is 9.84. The summed E-state index contributed by atoms with van der Waals surface area (Å²) >= 11 is 1.61. The standard InChI is InChI=1S/C22H24N4O2S/c27-21(12-18-8-11-29-16-18)24-19-6-9-25(10-7-19)20-13-22(28)26(23-14-20)15-17-4-2-1-3-5-17/h1-5,8,11,13-14,16,19H,6-7,9-10,12,15H2,(H,24,27). The Hall–Kier alpha value is -2.93. The number of carbonyl (C=O) groups is 1.